The van der Waals surface area contributed by atoms with Crippen LogP contribution in [0.15, 0.2) is 5.18 Å². The third-order valence-electron chi connectivity index (χ3n) is 10.7. The van der Waals surface area contributed by atoms with Crippen molar-refractivity contribution in [2.24, 2.45) is 45.6 Å². The molecule has 4 unspecified atom stereocenters. The molecule has 0 amide bonds. The second-order valence-corrected chi connectivity index (χ2v) is 12.0. The quantitative estimate of drug-likeness (QED) is 0.388. The average Bonchev–Trinajstić information content (AvgIpc) is 3.08. The molecule has 2 N–H and O–H groups in total. The highest BCUT2D eigenvalue weighted by Gasteiger charge is 2.63. The van der Waals surface area contributed by atoms with E-state index in [4.69, 9.17) is 0 Å². The van der Waals surface area contributed by atoms with Crippen molar-refractivity contribution in [2.45, 2.75) is 122 Å². The fourth-order valence-corrected chi connectivity index (χ4v) is 9.05. The van der Waals surface area contributed by atoms with E-state index in [-0.39, 0.29) is 35.0 Å². The van der Waals surface area contributed by atoms with Crippen LogP contribution in [0.2, 0.25) is 0 Å². The zero-order valence-corrected chi connectivity index (χ0v) is 19.6. The number of rotatable bonds is 7. The summed E-state index contributed by atoms with van der Waals surface area (Å²) in [6.45, 7) is 7.11. The Morgan fingerprint density at radius 2 is 1.67 bits per heavy atom. The molecule has 0 spiro atoms. The largest absolute Gasteiger partial charge is 0.393 e. The zero-order chi connectivity index (χ0) is 21.5. The van der Waals surface area contributed by atoms with Gasteiger partial charge in [-0.1, -0.05) is 51.6 Å². The lowest BCUT2D eigenvalue weighted by molar-refractivity contribution is -0.139. The van der Waals surface area contributed by atoms with Crippen molar-refractivity contribution in [2.75, 3.05) is 0 Å². The molecule has 4 aliphatic rings. The Bertz CT molecular complexity index is 611. The Balaban J connectivity index is 1.51. The van der Waals surface area contributed by atoms with E-state index in [0.29, 0.717) is 23.7 Å². The summed E-state index contributed by atoms with van der Waals surface area (Å²) in [5.41, 5.74) is 0.370. The van der Waals surface area contributed by atoms with Crippen LogP contribution in [0.4, 0.5) is 0 Å². The van der Waals surface area contributed by atoms with Gasteiger partial charge in [-0.25, -0.2) is 0 Å². The molecule has 0 aromatic heterocycles. The molecule has 30 heavy (non-hydrogen) atoms. The van der Waals surface area contributed by atoms with E-state index >= 15 is 0 Å². The monoisotopic (exact) mass is 419 g/mol. The van der Waals surface area contributed by atoms with Crippen molar-refractivity contribution in [3.8, 4) is 0 Å². The summed E-state index contributed by atoms with van der Waals surface area (Å²) >= 11 is 0. The van der Waals surface area contributed by atoms with Crippen LogP contribution in [0.25, 0.3) is 0 Å². The molecule has 172 valence electrons. The van der Waals surface area contributed by atoms with Crippen LogP contribution in [-0.4, -0.2) is 28.5 Å². The molecule has 4 fully saturated rings. The maximum atomic E-state index is 11.9. The summed E-state index contributed by atoms with van der Waals surface area (Å²) < 4.78 is 0. The highest BCUT2D eigenvalue weighted by Crippen LogP contribution is 2.68. The maximum Gasteiger partial charge on any atom is 0.0956 e. The van der Waals surface area contributed by atoms with Crippen molar-refractivity contribution >= 4 is 0 Å². The topological polar surface area (TPSA) is 69.9 Å². The van der Waals surface area contributed by atoms with Crippen LogP contribution < -0.4 is 0 Å². The van der Waals surface area contributed by atoms with E-state index in [0.717, 1.165) is 44.9 Å². The predicted molar refractivity (Wildman–Crippen MR) is 121 cm³/mol. The molecule has 0 aliphatic heterocycles. The van der Waals surface area contributed by atoms with Crippen LogP contribution in [-0.2, 0) is 0 Å². The lowest BCUT2D eigenvalue weighted by Gasteiger charge is -2.62. The van der Waals surface area contributed by atoms with E-state index in [1.807, 2.05) is 0 Å². The maximum absolute atomic E-state index is 11.9. The Hall–Kier alpha value is -0.480. The first-order chi connectivity index (χ1) is 14.3. The Morgan fingerprint density at radius 3 is 2.40 bits per heavy atom. The summed E-state index contributed by atoms with van der Waals surface area (Å²) in [4.78, 5) is 11.9. The first-order valence-electron chi connectivity index (χ1n) is 13.0. The molecular formula is C26H45NO3. The van der Waals surface area contributed by atoms with Crippen LogP contribution in [0.5, 0.6) is 0 Å². The van der Waals surface area contributed by atoms with Crippen LogP contribution >= 0.6 is 0 Å². The SMILES string of the molecule is CCCCCC[C@H](O)C1CCC2[C@@H]3CC(N=O)C4C[C@@H](O)CC[C@]4(C)[C@H]3CC[C@]12C. The smallest absolute Gasteiger partial charge is 0.0956 e. The van der Waals surface area contributed by atoms with Crippen LogP contribution in [0, 0.1) is 45.3 Å². The zero-order valence-electron chi connectivity index (χ0n) is 19.6. The Kier molecular flexibility index (Phi) is 6.67. The van der Waals surface area contributed by atoms with E-state index in [1.165, 1.54) is 38.5 Å². The van der Waals surface area contributed by atoms with Gasteiger partial charge in [0.15, 0.2) is 0 Å². The highest BCUT2D eigenvalue weighted by molar-refractivity contribution is 5.12. The van der Waals surface area contributed by atoms with Gasteiger partial charge in [0, 0.05) is 0 Å². The van der Waals surface area contributed by atoms with Crippen molar-refractivity contribution in [1.29, 1.82) is 0 Å². The van der Waals surface area contributed by atoms with Gasteiger partial charge in [-0.2, -0.15) is 4.91 Å². The number of unbranched alkanes of at least 4 members (excludes halogenated alkanes) is 3. The molecule has 4 rings (SSSR count). The summed E-state index contributed by atoms with van der Waals surface area (Å²) in [5, 5.41) is 25.1. The molecule has 0 aromatic carbocycles. The summed E-state index contributed by atoms with van der Waals surface area (Å²) in [5.74, 6) is 2.53. The lowest BCUT2D eigenvalue weighted by Crippen LogP contribution is -2.58. The van der Waals surface area contributed by atoms with Gasteiger partial charge in [-0.05, 0) is 98.2 Å². The number of hydrogen-bond acceptors (Lipinski definition) is 4. The molecule has 4 aliphatic carbocycles. The molecule has 0 radical (unpaired) electrons. The minimum atomic E-state index is -0.253. The molecular weight excluding hydrogens is 374 g/mol. The highest BCUT2D eigenvalue weighted by atomic mass is 16.3. The van der Waals surface area contributed by atoms with Gasteiger partial charge in [0.1, 0.15) is 0 Å². The summed E-state index contributed by atoms with van der Waals surface area (Å²) in [6.07, 6.45) is 13.9. The summed E-state index contributed by atoms with van der Waals surface area (Å²) in [6, 6.07) is -0.133. The predicted octanol–water partition coefficient (Wildman–Crippen LogP) is 6.08. The van der Waals surface area contributed by atoms with Crippen LogP contribution in [0.1, 0.15) is 104 Å². The standard InChI is InChI=1S/C26H45NO3/c1-4-5-6-7-8-24(29)21-10-9-19-18-16-23(27-30)22-15-17(28)11-13-26(22,3)20(18)12-14-25(19,21)2/h17-24,28-29H,4-16H2,1-3H3/t17-,18-,19?,20-,21?,22?,23?,24-,25-,26+/m0/s1. The third kappa shape index (κ3) is 3.68. The average molecular weight is 420 g/mol. The molecule has 4 nitrogen and oxygen atoms in total. The van der Waals surface area contributed by atoms with Gasteiger partial charge >= 0.3 is 0 Å². The van der Waals surface area contributed by atoms with Gasteiger partial charge in [0.05, 0.1) is 18.2 Å². The van der Waals surface area contributed by atoms with Crippen LogP contribution in [0.3, 0.4) is 0 Å². The second kappa shape index (κ2) is 8.81. The number of nitroso groups, excluding NO2 is 1. The fourth-order valence-electron chi connectivity index (χ4n) is 9.05. The number of aliphatic hydroxyl groups excluding tert-OH is 2. The molecule has 4 saturated carbocycles. The van der Waals surface area contributed by atoms with Crippen molar-refractivity contribution < 1.29 is 10.2 Å². The number of aliphatic hydroxyl groups is 2. The van der Waals surface area contributed by atoms with E-state index in [2.05, 4.69) is 25.9 Å². The first kappa shape index (κ1) is 22.7. The van der Waals surface area contributed by atoms with E-state index in [9.17, 15) is 15.1 Å². The Morgan fingerprint density at radius 1 is 0.933 bits per heavy atom. The van der Waals surface area contributed by atoms with Gasteiger partial charge in [-0.15, -0.1) is 0 Å². The van der Waals surface area contributed by atoms with Gasteiger partial charge < -0.3 is 10.2 Å². The molecule has 10 atom stereocenters. The minimum Gasteiger partial charge on any atom is -0.393 e. The number of hydrogen-bond donors (Lipinski definition) is 2. The first-order valence-corrected chi connectivity index (χ1v) is 13.0. The van der Waals surface area contributed by atoms with Crippen molar-refractivity contribution in [3.63, 3.8) is 0 Å². The molecule has 4 heteroatoms. The normalized spacial score (nSPS) is 49.0. The number of nitrogens with zero attached hydrogens (tertiary/aromatic N) is 1. The van der Waals surface area contributed by atoms with Crippen molar-refractivity contribution in [1.82, 2.24) is 0 Å². The Labute approximate surface area is 183 Å². The minimum absolute atomic E-state index is 0.133. The van der Waals surface area contributed by atoms with Crippen molar-refractivity contribution in [3.05, 3.63) is 4.91 Å². The molecule has 0 saturated heterocycles. The number of fused-ring (bicyclic) bond motifs is 5. The van der Waals surface area contributed by atoms with Gasteiger partial charge in [-0.3, -0.25) is 0 Å². The lowest BCUT2D eigenvalue weighted by atomic mass is 9.43. The van der Waals surface area contributed by atoms with E-state index < -0.39 is 0 Å². The van der Waals surface area contributed by atoms with Gasteiger partial charge in [0.25, 0.3) is 0 Å². The molecule has 0 bridgehead atoms. The fraction of sp³-hybridized carbons (Fsp3) is 1.00. The van der Waals surface area contributed by atoms with Gasteiger partial charge in [0.2, 0.25) is 0 Å². The second-order valence-electron chi connectivity index (χ2n) is 12.0. The third-order valence-corrected chi connectivity index (χ3v) is 10.7. The molecule has 0 aromatic rings. The van der Waals surface area contributed by atoms with E-state index in [1.54, 1.807) is 0 Å². The molecule has 0 heterocycles. The summed E-state index contributed by atoms with van der Waals surface area (Å²) in [7, 11) is 0.